The fourth-order valence-corrected chi connectivity index (χ4v) is 2.36. The van der Waals surface area contributed by atoms with Gasteiger partial charge in [0.2, 0.25) is 0 Å². The van der Waals surface area contributed by atoms with Crippen molar-refractivity contribution in [3.8, 4) is 0 Å². The third-order valence-corrected chi connectivity index (χ3v) is 3.38. The Morgan fingerprint density at radius 1 is 1.25 bits per heavy atom. The minimum Gasteiger partial charge on any atom is -0.395 e. The molecule has 1 rings (SSSR count). The maximum Gasteiger partial charge on any atom is 0.0622 e. The number of hydrogen-bond acceptors (Lipinski definition) is 3. The van der Waals surface area contributed by atoms with E-state index in [2.05, 4.69) is 11.8 Å². The van der Waals surface area contributed by atoms with E-state index >= 15 is 0 Å². The van der Waals surface area contributed by atoms with Gasteiger partial charge in [0.05, 0.1) is 19.8 Å². The Hall–Kier alpha value is -0.120. The lowest BCUT2D eigenvalue weighted by Gasteiger charge is -2.35. The van der Waals surface area contributed by atoms with Crippen molar-refractivity contribution in [1.29, 1.82) is 0 Å². The minimum absolute atomic E-state index is 0.270. The van der Waals surface area contributed by atoms with Crippen molar-refractivity contribution in [3.63, 3.8) is 0 Å². The summed E-state index contributed by atoms with van der Waals surface area (Å²) in [5.74, 6) is 0. The van der Waals surface area contributed by atoms with E-state index in [9.17, 15) is 0 Å². The summed E-state index contributed by atoms with van der Waals surface area (Å²) in [5.41, 5.74) is 0. The molecule has 3 heteroatoms. The second-order valence-corrected chi connectivity index (χ2v) is 4.69. The molecule has 0 aromatic carbocycles. The Kier molecular flexibility index (Phi) is 7.81. The third-order valence-electron chi connectivity index (χ3n) is 3.38. The van der Waals surface area contributed by atoms with Gasteiger partial charge in [-0.2, -0.15) is 0 Å². The van der Waals surface area contributed by atoms with Gasteiger partial charge in [-0.1, -0.05) is 39.0 Å². The number of β-amino-alcohol motifs (C(OH)–C–C–N with tert-alkyl or cyclic N) is 1. The van der Waals surface area contributed by atoms with Gasteiger partial charge in [0.1, 0.15) is 0 Å². The standard InChI is InChI=1S/C13H27NO2/c1-2-3-4-5-6-7-13-12-16-11-9-14(13)8-10-15/h13,15H,2-12H2,1H3. The van der Waals surface area contributed by atoms with Crippen LogP contribution in [0.25, 0.3) is 0 Å². The predicted octanol–water partition coefficient (Wildman–Crippen LogP) is 2.04. The lowest BCUT2D eigenvalue weighted by atomic mass is 10.0. The van der Waals surface area contributed by atoms with Gasteiger partial charge in [-0.15, -0.1) is 0 Å². The molecule has 0 spiro atoms. The van der Waals surface area contributed by atoms with Gasteiger partial charge in [0.25, 0.3) is 0 Å². The van der Waals surface area contributed by atoms with E-state index in [4.69, 9.17) is 9.84 Å². The van der Waals surface area contributed by atoms with Gasteiger partial charge in [0, 0.05) is 19.1 Å². The monoisotopic (exact) mass is 229 g/mol. The number of unbranched alkanes of at least 4 members (excludes halogenated alkanes) is 4. The van der Waals surface area contributed by atoms with Crippen LogP contribution in [-0.2, 0) is 4.74 Å². The van der Waals surface area contributed by atoms with Gasteiger partial charge >= 0.3 is 0 Å². The maximum atomic E-state index is 9.00. The first kappa shape index (κ1) is 13.9. The first-order chi connectivity index (χ1) is 7.88. The molecule has 0 radical (unpaired) electrons. The highest BCUT2D eigenvalue weighted by Crippen LogP contribution is 2.14. The molecule has 0 saturated carbocycles. The van der Waals surface area contributed by atoms with Crippen molar-refractivity contribution >= 4 is 0 Å². The molecule has 0 aromatic heterocycles. The molecule has 0 amide bonds. The van der Waals surface area contributed by atoms with E-state index in [0.717, 1.165) is 26.3 Å². The molecular formula is C13H27NO2. The van der Waals surface area contributed by atoms with Gasteiger partial charge in [0.15, 0.2) is 0 Å². The molecule has 16 heavy (non-hydrogen) atoms. The topological polar surface area (TPSA) is 32.7 Å². The Bertz CT molecular complexity index is 162. The molecule has 1 unspecified atom stereocenters. The highest BCUT2D eigenvalue weighted by molar-refractivity contribution is 4.74. The van der Waals surface area contributed by atoms with E-state index in [1.54, 1.807) is 0 Å². The summed E-state index contributed by atoms with van der Waals surface area (Å²) < 4.78 is 5.51. The van der Waals surface area contributed by atoms with E-state index in [1.165, 1.54) is 38.5 Å². The summed E-state index contributed by atoms with van der Waals surface area (Å²) in [7, 11) is 0. The number of hydrogen-bond donors (Lipinski definition) is 1. The molecular weight excluding hydrogens is 202 g/mol. The predicted molar refractivity (Wildman–Crippen MR) is 66.6 cm³/mol. The number of rotatable bonds is 8. The second-order valence-electron chi connectivity index (χ2n) is 4.69. The Morgan fingerprint density at radius 2 is 2.06 bits per heavy atom. The van der Waals surface area contributed by atoms with Crippen molar-refractivity contribution in [3.05, 3.63) is 0 Å². The molecule has 0 bridgehead atoms. The molecule has 1 aliphatic heterocycles. The fourth-order valence-electron chi connectivity index (χ4n) is 2.36. The zero-order valence-electron chi connectivity index (χ0n) is 10.7. The minimum atomic E-state index is 0.270. The average molecular weight is 229 g/mol. The van der Waals surface area contributed by atoms with Gasteiger partial charge < -0.3 is 9.84 Å². The summed E-state index contributed by atoms with van der Waals surface area (Å²) in [6.07, 6.45) is 7.91. The number of morpholine rings is 1. The van der Waals surface area contributed by atoms with Crippen LogP contribution in [-0.4, -0.2) is 49.0 Å². The largest absolute Gasteiger partial charge is 0.395 e. The molecule has 96 valence electrons. The molecule has 0 aromatic rings. The molecule has 1 fully saturated rings. The van der Waals surface area contributed by atoms with Crippen molar-refractivity contribution in [2.75, 3.05) is 32.9 Å². The van der Waals surface area contributed by atoms with E-state index in [1.807, 2.05) is 0 Å². The lowest BCUT2D eigenvalue weighted by molar-refractivity contribution is -0.0171. The number of aliphatic hydroxyl groups is 1. The summed E-state index contributed by atoms with van der Waals surface area (Å²) >= 11 is 0. The molecule has 3 nitrogen and oxygen atoms in total. The highest BCUT2D eigenvalue weighted by Gasteiger charge is 2.21. The van der Waals surface area contributed by atoms with Crippen molar-refractivity contribution < 1.29 is 9.84 Å². The van der Waals surface area contributed by atoms with E-state index < -0.39 is 0 Å². The molecule has 1 N–H and O–H groups in total. The normalized spacial score (nSPS) is 22.5. The Labute approximate surface area is 99.8 Å². The highest BCUT2D eigenvalue weighted by atomic mass is 16.5. The quantitative estimate of drug-likeness (QED) is 0.647. The van der Waals surface area contributed by atoms with Crippen LogP contribution in [0.4, 0.5) is 0 Å². The SMILES string of the molecule is CCCCCCCC1COCCN1CCO. The zero-order chi connectivity index (χ0) is 11.6. The summed E-state index contributed by atoms with van der Waals surface area (Å²) in [6, 6.07) is 0.544. The van der Waals surface area contributed by atoms with Crippen LogP contribution >= 0.6 is 0 Å². The fraction of sp³-hybridized carbons (Fsp3) is 1.00. The van der Waals surface area contributed by atoms with Gasteiger partial charge in [-0.25, -0.2) is 0 Å². The molecule has 1 saturated heterocycles. The van der Waals surface area contributed by atoms with Crippen LogP contribution in [0.3, 0.4) is 0 Å². The molecule has 1 atom stereocenters. The van der Waals surface area contributed by atoms with Crippen LogP contribution in [0, 0.1) is 0 Å². The van der Waals surface area contributed by atoms with Crippen molar-refractivity contribution in [1.82, 2.24) is 4.90 Å². The molecule has 1 aliphatic rings. The summed E-state index contributed by atoms with van der Waals surface area (Å²) in [6.45, 7) is 5.99. The van der Waals surface area contributed by atoms with Gasteiger partial charge in [-0.3, -0.25) is 4.90 Å². The first-order valence-electron chi connectivity index (χ1n) is 6.81. The maximum absolute atomic E-state index is 9.00. The Balaban J connectivity index is 2.11. The summed E-state index contributed by atoms with van der Waals surface area (Å²) in [4.78, 5) is 2.38. The van der Waals surface area contributed by atoms with Crippen LogP contribution in [0.5, 0.6) is 0 Å². The van der Waals surface area contributed by atoms with Crippen LogP contribution in [0.1, 0.15) is 45.4 Å². The molecule has 1 heterocycles. The molecule has 0 aliphatic carbocycles. The number of aliphatic hydroxyl groups excluding tert-OH is 1. The van der Waals surface area contributed by atoms with Crippen LogP contribution < -0.4 is 0 Å². The van der Waals surface area contributed by atoms with E-state index in [0.29, 0.717) is 6.04 Å². The smallest absolute Gasteiger partial charge is 0.0622 e. The van der Waals surface area contributed by atoms with Crippen LogP contribution in [0.2, 0.25) is 0 Å². The third kappa shape index (κ3) is 5.28. The van der Waals surface area contributed by atoms with Gasteiger partial charge in [-0.05, 0) is 6.42 Å². The number of ether oxygens (including phenoxy) is 1. The number of nitrogens with zero attached hydrogens (tertiary/aromatic N) is 1. The van der Waals surface area contributed by atoms with Crippen molar-refractivity contribution in [2.24, 2.45) is 0 Å². The van der Waals surface area contributed by atoms with Crippen molar-refractivity contribution in [2.45, 2.75) is 51.5 Å². The zero-order valence-corrected chi connectivity index (χ0v) is 10.7. The second kappa shape index (κ2) is 8.97. The van der Waals surface area contributed by atoms with Crippen LogP contribution in [0.15, 0.2) is 0 Å². The Morgan fingerprint density at radius 3 is 2.81 bits per heavy atom. The lowest BCUT2D eigenvalue weighted by Crippen LogP contribution is -2.46. The first-order valence-corrected chi connectivity index (χ1v) is 6.81. The van der Waals surface area contributed by atoms with E-state index in [-0.39, 0.29) is 6.61 Å². The summed E-state index contributed by atoms with van der Waals surface area (Å²) in [5, 5.41) is 9.00. The average Bonchev–Trinajstić information content (AvgIpc) is 2.31.